The largest absolute Gasteiger partial charge is 0.756 e. The molecule has 0 rings (SSSR count). The van der Waals surface area contributed by atoms with Crippen LogP contribution in [0.3, 0.4) is 0 Å². The van der Waals surface area contributed by atoms with Crippen molar-refractivity contribution in [1.29, 1.82) is 0 Å². The van der Waals surface area contributed by atoms with Crippen molar-refractivity contribution in [2.24, 2.45) is 0 Å². The highest BCUT2D eigenvalue weighted by Gasteiger charge is 2.24. The van der Waals surface area contributed by atoms with Crippen LogP contribution in [-0.4, -0.2) is 68.5 Å². The summed E-state index contributed by atoms with van der Waals surface area (Å²) in [5.74, 6) is -0.165. The zero-order chi connectivity index (χ0) is 56.3. The number of likely N-dealkylation sites (N-methyl/N-ethyl adjacent to an activating group) is 1. The molecule has 0 aromatic heterocycles. The van der Waals surface area contributed by atoms with Crippen LogP contribution in [-0.2, 0) is 18.4 Å². The number of carbonyl (C=O) groups is 1. The first kappa shape index (κ1) is 74.4. The molecular weight excluding hydrogens is 972 g/mol. The predicted molar refractivity (Wildman–Crippen MR) is 334 cm³/mol. The molecule has 0 saturated heterocycles. The number of unbranched alkanes of at least 4 members (excludes halogenated alkanes) is 29. The lowest BCUT2D eigenvalue weighted by atomic mass is 10.0. The van der Waals surface area contributed by atoms with Gasteiger partial charge in [0.25, 0.3) is 7.82 Å². The van der Waals surface area contributed by atoms with Crippen molar-refractivity contribution < 1.29 is 32.9 Å². The maximum absolute atomic E-state index is 13.0. The van der Waals surface area contributed by atoms with Gasteiger partial charge in [-0.05, 0) is 77.0 Å². The van der Waals surface area contributed by atoms with Crippen LogP contribution in [0, 0.1) is 0 Å². The summed E-state index contributed by atoms with van der Waals surface area (Å²) in [5, 5.41) is 14.0. The Hall–Kier alpha value is -2.58. The molecule has 3 unspecified atom stereocenters. The van der Waals surface area contributed by atoms with E-state index in [0.29, 0.717) is 23.9 Å². The van der Waals surface area contributed by atoms with Gasteiger partial charge in [-0.3, -0.25) is 9.36 Å². The lowest BCUT2D eigenvalue weighted by molar-refractivity contribution is -0.870. The molecule has 0 fully saturated rings. The Morgan fingerprint density at radius 1 is 0.468 bits per heavy atom. The van der Waals surface area contributed by atoms with Crippen LogP contribution >= 0.6 is 7.82 Å². The van der Waals surface area contributed by atoms with Gasteiger partial charge in [0.05, 0.1) is 39.9 Å². The third-order valence-electron chi connectivity index (χ3n) is 14.1. The minimum Gasteiger partial charge on any atom is -0.756 e. The number of phosphoric acid groups is 1. The van der Waals surface area contributed by atoms with Gasteiger partial charge in [-0.25, -0.2) is 0 Å². The molecule has 0 radical (unpaired) electrons. The van der Waals surface area contributed by atoms with E-state index in [1.807, 2.05) is 21.1 Å². The zero-order valence-electron chi connectivity index (χ0n) is 50.9. The topological polar surface area (TPSA) is 108 Å². The summed E-state index contributed by atoms with van der Waals surface area (Å²) in [6.07, 6.45) is 83.2. The lowest BCUT2D eigenvalue weighted by Gasteiger charge is -2.30. The average molecular weight is 1100 g/mol. The number of hydrogen-bond donors (Lipinski definition) is 2. The number of amides is 1. The fraction of sp³-hybridized carbons (Fsp3) is 0.750. The van der Waals surface area contributed by atoms with Crippen LogP contribution in [0.1, 0.15) is 277 Å². The number of aliphatic hydroxyl groups is 1. The van der Waals surface area contributed by atoms with Crippen molar-refractivity contribution in [3.8, 4) is 0 Å². The first-order valence-electron chi connectivity index (χ1n) is 32.1. The molecule has 0 aliphatic heterocycles. The zero-order valence-corrected chi connectivity index (χ0v) is 51.8. The molecule has 2 N–H and O–H groups in total. The van der Waals surface area contributed by atoms with Gasteiger partial charge in [0, 0.05) is 6.42 Å². The summed E-state index contributed by atoms with van der Waals surface area (Å²) >= 11 is 0. The van der Waals surface area contributed by atoms with Gasteiger partial charge in [0.15, 0.2) is 0 Å². The highest BCUT2D eigenvalue weighted by Crippen LogP contribution is 2.38. The molecule has 0 spiro atoms. The molecule has 9 heteroatoms. The Labute approximate surface area is 477 Å². The first-order chi connectivity index (χ1) is 37.5. The van der Waals surface area contributed by atoms with Crippen molar-refractivity contribution in [3.63, 3.8) is 0 Å². The van der Waals surface area contributed by atoms with Gasteiger partial charge in [0.1, 0.15) is 13.2 Å². The standard InChI is InChI=1S/C68H123N2O6P/c1-6-8-10-12-14-16-18-20-22-23-24-25-26-27-28-29-30-31-32-33-34-35-36-37-38-39-40-41-42-43-44-45-46-47-48-50-52-54-56-58-60-62-68(72)69-66(65-76-77(73,74)75-64-63-70(3,4)5)67(71)61-59-57-55-53-51-49-21-19-17-15-13-11-9-7-2/h8,10,14,16,20,22,24-25,27-28,30-31,33-34,36-37,66-67,71H,6-7,9,11-13,15,17-19,21,23,26,29,32,35,38-65H2,1-5H3,(H-,69,72,73,74)/b10-8-,16-14-,22-20-,25-24-,28-27-,31-30-,34-33-,37-36-. The molecule has 0 aromatic carbocycles. The minimum absolute atomic E-state index is 0.0104. The fourth-order valence-electron chi connectivity index (χ4n) is 9.12. The Morgan fingerprint density at radius 3 is 1.16 bits per heavy atom. The molecule has 0 saturated carbocycles. The summed E-state index contributed by atoms with van der Waals surface area (Å²) in [6, 6.07) is -0.804. The summed E-state index contributed by atoms with van der Waals surface area (Å²) in [5.41, 5.74) is 0. The number of phosphoric ester groups is 1. The monoisotopic (exact) mass is 1090 g/mol. The van der Waals surface area contributed by atoms with E-state index >= 15 is 0 Å². The van der Waals surface area contributed by atoms with Crippen LogP contribution in [0.2, 0.25) is 0 Å². The molecule has 0 aliphatic rings. The van der Waals surface area contributed by atoms with E-state index in [-0.39, 0.29) is 19.1 Å². The van der Waals surface area contributed by atoms with Gasteiger partial charge in [0.2, 0.25) is 5.91 Å². The van der Waals surface area contributed by atoms with E-state index in [1.54, 1.807) is 0 Å². The van der Waals surface area contributed by atoms with Gasteiger partial charge in [-0.2, -0.15) is 0 Å². The Morgan fingerprint density at radius 2 is 0.792 bits per heavy atom. The molecule has 3 atom stereocenters. The Bertz CT molecular complexity index is 1570. The van der Waals surface area contributed by atoms with Crippen molar-refractivity contribution in [2.75, 3.05) is 40.9 Å². The summed E-state index contributed by atoms with van der Waals surface area (Å²) in [7, 11) is 1.30. The van der Waals surface area contributed by atoms with E-state index in [2.05, 4.69) is 116 Å². The third kappa shape index (κ3) is 60.9. The number of hydrogen-bond acceptors (Lipinski definition) is 6. The molecule has 8 nitrogen and oxygen atoms in total. The number of nitrogens with one attached hydrogen (secondary N) is 1. The first-order valence-corrected chi connectivity index (χ1v) is 33.5. The van der Waals surface area contributed by atoms with Gasteiger partial charge < -0.3 is 28.8 Å². The number of quaternary nitrogens is 1. The van der Waals surface area contributed by atoms with Crippen molar-refractivity contribution in [1.82, 2.24) is 5.32 Å². The van der Waals surface area contributed by atoms with E-state index < -0.39 is 20.0 Å². The molecule has 446 valence electrons. The van der Waals surface area contributed by atoms with Gasteiger partial charge in [-0.1, -0.05) is 291 Å². The van der Waals surface area contributed by atoms with Gasteiger partial charge in [-0.15, -0.1) is 0 Å². The van der Waals surface area contributed by atoms with Crippen LogP contribution in [0.5, 0.6) is 0 Å². The number of carbonyl (C=O) groups excluding carboxylic acids is 1. The highest BCUT2D eigenvalue weighted by atomic mass is 31.2. The molecule has 77 heavy (non-hydrogen) atoms. The summed E-state index contributed by atoms with van der Waals surface area (Å²) in [4.78, 5) is 25.5. The minimum atomic E-state index is -4.57. The number of aliphatic hydroxyl groups excluding tert-OH is 1. The van der Waals surface area contributed by atoms with Crippen molar-refractivity contribution in [3.05, 3.63) is 97.2 Å². The van der Waals surface area contributed by atoms with Gasteiger partial charge >= 0.3 is 0 Å². The lowest BCUT2D eigenvalue weighted by Crippen LogP contribution is -2.46. The summed E-state index contributed by atoms with van der Waals surface area (Å²) < 4.78 is 23.4. The van der Waals surface area contributed by atoms with Crippen molar-refractivity contribution in [2.45, 2.75) is 289 Å². The fourth-order valence-corrected chi connectivity index (χ4v) is 9.84. The molecule has 0 bridgehead atoms. The Kier molecular flexibility index (Phi) is 56.1. The Balaban J connectivity index is 3.96. The SMILES string of the molecule is CC/C=C\C/C=C\C/C=C\C/C=C\C/C=C\C/C=C\C/C=C\C/C=C\CCCCCCCCCCCCCCCCCCC(=O)NC(COP(=O)([O-])OCC[N+](C)(C)C)C(O)CCCCCCCCCCCCCCCC. The molecule has 0 aromatic rings. The average Bonchev–Trinajstić information content (AvgIpc) is 3.39. The second-order valence-corrected chi connectivity index (χ2v) is 24.2. The second-order valence-electron chi connectivity index (χ2n) is 22.7. The van der Waals surface area contributed by atoms with E-state index in [0.717, 1.165) is 89.9 Å². The molecule has 0 heterocycles. The maximum Gasteiger partial charge on any atom is 0.268 e. The number of nitrogens with zero attached hydrogens (tertiary/aromatic N) is 1. The predicted octanol–water partition coefficient (Wildman–Crippen LogP) is 19.5. The van der Waals surface area contributed by atoms with Crippen molar-refractivity contribution >= 4 is 13.7 Å². The van der Waals surface area contributed by atoms with Crippen LogP contribution < -0.4 is 10.2 Å². The van der Waals surface area contributed by atoms with E-state index in [9.17, 15) is 19.4 Å². The quantitative estimate of drug-likeness (QED) is 0.0272. The third-order valence-corrected chi connectivity index (χ3v) is 15.1. The smallest absolute Gasteiger partial charge is 0.268 e. The number of rotatable bonds is 58. The normalized spacial score (nSPS) is 14.4. The van der Waals surface area contributed by atoms with E-state index in [4.69, 9.17) is 9.05 Å². The number of allylic oxidation sites excluding steroid dienone is 16. The van der Waals surface area contributed by atoms with Crippen LogP contribution in [0.15, 0.2) is 97.2 Å². The molecule has 1 amide bonds. The highest BCUT2D eigenvalue weighted by molar-refractivity contribution is 7.45. The molecular formula is C68H123N2O6P. The maximum atomic E-state index is 13.0. The van der Waals surface area contributed by atoms with Crippen LogP contribution in [0.4, 0.5) is 0 Å². The molecule has 0 aliphatic carbocycles. The summed E-state index contributed by atoms with van der Waals surface area (Å²) in [6.45, 7) is 4.62. The second kappa shape index (κ2) is 58.1. The van der Waals surface area contributed by atoms with Crippen LogP contribution in [0.25, 0.3) is 0 Å². The van der Waals surface area contributed by atoms with E-state index in [1.165, 1.54) is 161 Å².